The minimum absolute atomic E-state index is 0.127. The second-order valence-corrected chi connectivity index (χ2v) is 4.42. The molecule has 1 fully saturated rings. The molecule has 1 aliphatic heterocycles. The first kappa shape index (κ1) is 14.9. The second kappa shape index (κ2) is 8.05. The molecular formula is C12H23N3O3. The van der Waals surface area contributed by atoms with Crippen molar-refractivity contribution in [2.75, 3.05) is 39.3 Å². The molecule has 0 aliphatic carbocycles. The number of nitrogens with zero attached hydrogens (tertiary/aromatic N) is 1. The molecule has 18 heavy (non-hydrogen) atoms. The summed E-state index contributed by atoms with van der Waals surface area (Å²) in [5.41, 5.74) is 0. The van der Waals surface area contributed by atoms with E-state index in [1.807, 2.05) is 0 Å². The molecule has 1 heterocycles. The van der Waals surface area contributed by atoms with Crippen LogP contribution in [0, 0.1) is 0 Å². The zero-order chi connectivity index (χ0) is 13.4. The van der Waals surface area contributed by atoms with E-state index in [9.17, 15) is 9.59 Å². The van der Waals surface area contributed by atoms with Crippen molar-refractivity contribution in [3.8, 4) is 0 Å². The summed E-state index contributed by atoms with van der Waals surface area (Å²) in [6.45, 7) is 7.73. The highest BCUT2D eigenvalue weighted by molar-refractivity contribution is 5.85. The van der Waals surface area contributed by atoms with Crippen LogP contribution in [-0.2, 0) is 14.3 Å². The van der Waals surface area contributed by atoms with Crippen molar-refractivity contribution in [3.05, 3.63) is 0 Å². The van der Waals surface area contributed by atoms with Crippen LogP contribution in [0.2, 0.25) is 0 Å². The summed E-state index contributed by atoms with van der Waals surface area (Å²) in [4.78, 5) is 25.2. The van der Waals surface area contributed by atoms with E-state index in [4.69, 9.17) is 4.74 Å². The van der Waals surface area contributed by atoms with Crippen LogP contribution in [0.4, 0.5) is 0 Å². The number of hydrogen-bond acceptors (Lipinski definition) is 5. The number of hydrogen-bond donors (Lipinski definition) is 2. The SMILES string of the molecule is CCOC(=O)C(C)NC(=O)CN1CCCNCC1. The Hall–Kier alpha value is -1.14. The molecule has 0 spiro atoms. The van der Waals surface area contributed by atoms with Gasteiger partial charge in [-0.25, -0.2) is 4.79 Å². The third-order valence-corrected chi connectivity index (χ3v) is 2.82. The van der Waals surface area contributed by atoms with Gasteiger partial charge in [-0.3, -0.25) is 9.69 Å². The lowest BCUT2D eigenvalue weighted by Gasteiger charge is -2.20. The fraction of sp³-hybridized carbons (Fsp3) is 0.833. The molecule has 1 unspecified atom stereocenters. The first-order valence-corrected chi connectivity index (χ1v) is 6.52. The Morgan fingerprint density at radius 1 is 1.39 bits per heavy atom. The van der Waals surface area contributed by atoms with Gasteiger partial charge >= 0.3 is 5.97 Å². The van der Waals surface area contributed by atoms with Gasteiger partial charge in [0.25, 0.3) is 0 Å². The van der Waals surface area contributed by atoms with E-state index in [0.717, 1.165) is 32.6 Å². The smallest absolute Gasteiger partial charge is 0.328 e. The van der Waals surface area contributed by atoms with Crippen LogP contribution in [0.1, 0.15) is 20.3 Å². The average Bonchev–Trinajstić information content (AvgIpc) is 2.57. The molecule has 0 aromatic heterocycles. The van der Waals surface area contributed by atoms with Crippen molar-refractivity contribution in [3.63, 3.8) is 0 Å². The number of nitrogens with one attached hydrogen (secondary N) is 2. The standard InChI is InChI=1S/C12H23N3O3/c1-3-18-12(17)10(2)14-11(16)9-15-7-4-5-13-6-8-15/h10,13H,3-9H2,1-2H3,(H,14,16). The summed E-state index contributed by atoms with van der Waals surface area (Å²) in [5, 5.41) is 5.94. The van der Waals surface area contributed by atoms with Crippen molar-refractivity contribution in [1.29, 1.82) is 0 Å². The zero-order valence-corrected chi connectivity index (χ0v) is 11.2. The highest BCUT2D eigenvalue weighted by atomic mass is 16.5. The Morgan fingerprint density at radius 3 is 2.89 bits per heavy atom. The van der Waals surface area contributed by atoms with Crippen molar-refractivity contribution < 1.29 is 14.3 Å². The predicted octanol–water partition coefficient (Wildman–Crippen LogP) is -0.650. The van der Waals surface area contributed by atoms with Gasteiger partial charge in [-0.15, -0.1) is 0 Å². The first-order chi connectivity index (χ1) is 8.63. The van der Waals surface area contributed by atoms with Gasteiger partial charge in [0.1, 0.15) is 6.04 Å². The molecule has 1 saturated heterocycles. The van der Waals surface area contributed by atoms with Crippen molar-refractivity contribution >= 4 is 11.9 Å². The number of carbonyl (C=O) groups is 2. The van der Waals surface area contributed by atoms with Gasteiger partial charge in [0, 0.05) is 13.1 Å². The third-order valence-electron chi connectivity index (χ3n) is 2.82. The highest BCUT2D eigenvalue weighted by Gasteiger charge is 2.18. The molecule has 1 aliphatic rings. The van der Waals surface area contributed by atoms with E-state index in [-0.39, 0.29) is 11.9 Å². The molecule has 1 amide bonds. The summed E-state index contributed by atoms with van der Waals surface area (Å²) in [6, 6.07) is -0.581. The normalized spacial score (nSPS) is 18.8. The largest absolute Gasteiger partial charge is 0.464 e. The summed E-state index contributed by atoms with van der Waals surface area (Å²) in [5.74, 6) is -0.513. The fourth-order valence-electron chi connectivity index (χ4n) is 1.88. The maximum Gasteiger partial charge on any atom is 0.328 e. The van der Waals surface area contributed by atoms with Gasteiger partial charge in [0.15, 0.2) is 0 Å². The molecule has 0 aromatic carbocycles. The first-order valence-electron chi connectivity index (χ1n) is 6.52. The molecule has 104 valence electrons. The van der Waals surface area contributed by atoms with Crippen LogP contribution in [0.3, 0.4) is 0 Å². The number of rotatable bonds is 5. The molecule has 0 aromatic rings. The van der Waals surface area contributed by atoms with Crippen LogP contribution in [0.15, 0.2) is 0 Å². The van der Waals surface area contributed by atoms with Crippen molar-refractivity contribution in [2.45, 2.75) is 26.3 Å². The minimum atomic E-state index is -0.581. The Kier molecular flexibility index (Phi) is 6.67. The number of esters is 1. The molecular weight excluding hydrogens is 234 g/mol. The van der Waals surface area contributed by atoms with Crippen LogP contribution in [-0.4, -0.2) is 62.1 Å². The van der Waals surface area contributed by atoms with Gasteiger partial charge in [-0.05, 0) is 33.4 Å². The van der Waals surface area contributed by atoms with E-state index in [0.29, 0.717) is 13.2 Å². The van der Waals surface area contributed by atoms with E-state index >= 15 is 0 Å². The lowest BCUT2D eigenvalue weighted by molar-refractivity contribution is -0.147. The Morgan fingerprint density at radius 2 is 2.17 bits per heavy atom. The maximum atomic E-state index is 11.8. The van der Waals surface area contributed by atoms with Gasteiger partial charge < -0.3 is 15.4 Å². The molecule has 0 saturated carbocycles. The molecule has 6 nitrogen and oxygen atoms in total. The summed E-state index contributed by atoms with van der Waals surface area (Å²) in [7, 11) is 0. The molecule has 6 heteroatoms. The zero-order valence-electron chi connectivity index (χ0n) is 11.2. The molecule has 0 bridgehead atoms. The van der Waals surface area contributed by atoms with E-state index in [1.165, 1.54) is 0 Å². The molecule has 2 N–H and O–H groups in total. The van der Waals surface area contributed by atoms with Crippen LogP contribution >= 0.6 is 0 Å². The van der Waals surface area contributed by atoms with Gasteiger partial charge in [0.2, 0.25) is 5.91 Å². The predicted molar refractivity (Wildman–Crippen MR) is 68.2 cm³/mol. The lowest BCUT2D eigenvalue weighted by atomic mass is 10.3. The minimum Gasteiger partial charge on any atom is -0.464 e. The summed E-state index contributed by atoms with van der Waals surface area (Å²) < 4.78 is 4.84. The molecule has 0 radical (unpaired) electrons. The maximum absolute atomic E-state index is 11.8. The van der Waals surface area contributed by atoms with Gasteiger partial charge in [0.05, 0.1) is 13.2 Å². The average molecular weight is 257 g/mol. The Balaban J connectivity index is 2.29. The van der Waals surface area contributed by atoms with E-state index < -0.39 is 6.04 Å². The van der Waals surface area contributed by atoms with E-state index in [2.05, 4.69) is 15.5 Å². The second-order valence-electron chi connectivity index (χ2n) is 4.42. The van der Waals surface area contributed by atoms with E-state index in [1.54, 1.807) is 13.8 Å². The highest BCUT2D eigenvalue weighted by Crippen LogP contribution is 1.95. The number of carbonyl (C=O) groups excluding carboxylic acids is 2. The van der Waals surface area contributed by atoms with Gasteiger partial charge in [-0.2, -0.15) is 0 Å². The van der Waals surface area contributed by atoms with Crippen molar-refractivity contribution in [1.82, 2.24) is 15.5 Å². The van der Waals surface area contributed by atoms with Crippen LogP contribution in [0.25, 0.3) is 0 Å². The Bertz CT molecular complexity index is 276. The Labute approximate surface area is 108 Å². The lowest BCUT2D eigenvalue weighted by Crippen LogP contribution is -2.45. The van der Waals surface area contributed by atoms with Crippen LogP contribution < -0.4 is 10.6 Å². The third kappa shape index (κ3) is 5.46. The van der Waals surface area contributed by atoms with Crippen molar-refractivity contribution in [2.24, 2.45) is 0 Å². The summed E-state index contributed by atoms with van der Waals surface area (Å²) >= 11 is 0. The fourth-order valence-corrected chi connectivity index (χ4v) is 1.88. The number of ether oxygens (including phenoxy) is 1. The molecule has 1 atom stereocenters. The van der Waals surface area contributed by atoms with Gasteiger partial charge in [-0.1, -0.05) is 0 Å². The van der Waals surface area contributed by atoms with Crippen LogP contribution in [0.5, 0.6) is 0 Å². The summed E-state index contributed by atoms with van der Waals surface area (Å²) in [6.07, 6.45) is 1.04. The quantitative estimate of drug-likeness (QED) is 0.640. The topological polar surface area (TPSA) is 70.7 Å². The number of amides is 1. The monoisotopic (exact) mass is 257 g/mol. The molecule has 1 rings (SSSR count).